The van der Waals surface area contributed by atoms with E-state index in [2.05, 4.69) is 17.1 Å². The Hall–Kier alpha value is -0.610. The van der Waals surface area contributed by atoms with Crippen molar-refractivity contribution in [1.82, 2.24) is 10.2 Å². The fraction of sp³-hybridized carbons (Fsp3) is 0.938. The molecule has 20 heavy (non-hydrogen) atoms. The number of nitrogens with one attached hydrogen (secondary N) is 1. The summed E-state index contributed by atoms with van der Waals surface area (Å²) in [7, 11) is 0. The second kappa shape index (κ2) is 5.64. The molecular weight excluding hydrogens is 250 g/mol. The molecule has 2 atom stereocenters. The Morgan fingerprint density at radius 3 is 2.55 bits per heavy atom. The Kier molecular flexibility index (Phi) is 4.04. The number of carbonyl (C=O) groups is 1. The number of nitrogens with two attached hydrogens (primary N) is 1. The van der Waals surface area contributed by atoms with Crippen LogP contribution in [0.3, 0.4) is 0 Å². The molecule has 0 aromatic rings. The van der Waals surface area contributed by atoms with E-state index in [1.54, 1.807) is 0 Å². The predicted octanol–water partition coefficient (Wildman–Crippen LogP) is 1.78. The minimum absolute atomic E-state index is 0.124. The van der Waals surface area contributed by atoms with Crippen LogP contribution in [0.5, 0.6) is 0 Å². The van der Waals surface area contributed by atoms with Crippen molar-refractivity contribution in [3.05, 3.63) is 0 Å². The van der Waals surface area contributed by atoms with Gasteiger partial charge in [-0.25, -0.2) is 0 Å². The Bertz CT molecular complexity index is 365. The first-order valence-corrected chi connectivity index (χ1v) is 8.48. The Morgan fingerprint density at radius 2 is 2.00 bits per heavy atom. The molecule has 0 radical (unpaired) electrons. The molecule has 2 unspecified atom stereocenters. The number of hydrogen-bond donors (Lipinski definition) is 2. The topological polar surface area (TPSA) is 58.4 Å². The quantitative estimate of drug-likeness (QED) is 0.747. The Labute approximate surface area is 122 Å². The smallest absolute Gasteiger partial charge is 0.237 e. The molecule has 0 heterocycles. The summed E-state index contributed by atoms with van der Waals surface area (Å²) in [6.45, 7) is 3.43. The Balaban J connectivity index is 1.70. The van der Waals surface area contributed by atoms with Gasteiger partial charge >= 0.3 is 0 Å². The van der Waals surface area contributed by atoms with Crippen molar-refractivity contribution in [3.63, 3.8) is 0 Å². The van der Waals surface area contributed by atoms with Crippen molar-refractivity contribution in [2.45, 2.75) is 88.4 Å². The molecular formula is C16H29N3O. The van der Waals surface area contributed by atoms with Crippen molar-refractivity contribution < 1.29 is 4.79 Å². The minimum Gasteiger partial charge on any atom is -0.368 e. The minimum atomic E-state index is -0.426. The van der Waals surface area contributed by atoms with Gasteiger partial charge < -0.3 is 11.1 Å². The molecule has 3 aliphatic carbocycles. The molecule has 0 aromatic heterocycles. The second-order valence-electron chi connectivity index (χ2n) is 7.08. The highest BCUT2D eigenvalue weighted by Crippen LogP contribution is 2.38. The lowest BCUT2D eigenvalue weighted by Crippen LogP contribution is -2.61. The molecule has 4 heteroatoms. The monoisotopic (exact) mass is 279 g/mol. The first kappa shape index (κ1) is 14.3. The van der Waals surface area contributed by atoms with Crippen LogP contribution in [-0.2, 0) is 4.79 Å². The van der Waals surface area contributed by atoms with Crippen LogP contribution in [-0.4, -0.2) is 41.0 Å². The zero-order chi connectivity index (χ0) is 14.2. The van der Waals surface area contributed by atoms with Crippen LogP contribution < -0.4 is 11.1 Å². The molecule has 114 valence electrons. The van der Waals surface area contributed by atoms with Crippen LogP contribution in [0.15, 0.2) is 0 Å². The second-order valence-corrected chi connectivity index (χ2v) is 7.08. The van der Waals surface area contributed by atoms with Gasteiger partial charge in [-0.05, 0) is 64.3 Å². The molecule has 0 aliphatic heterocycles. The van der Waals surface area contributed by atoms with E-state index >= 15 is 0 Å². The molecule has 0 saturated heterocycles. The van der Waals surface area contributed by atoms with Gasteiger partial charge in [-0.1, -0.05) is 6.92 Å². The van der Waals surface area contributed by atoms with E-state index in [0.717, 1.165) is 25.3 Å². The average molecular weight is 279 g/mol. The van der Waals surface area contributed by atoms with Crippen LogP contribution in [0.1, 0.15) is 64.7 Å². The number of rotatable bonds is 7. The highest BCUT2D eigenvalue weighted by Gasteiger charge is 2.47. The van der Waals surface area contributed by atoms with Crippen molar-refractivity contribution in [2.24, 2.45) is 5.73 Å². The summed E-state index contributed by atoms with van der Waals surface area (Å²) in [5.74, 6) is -0.124. The summed E-state index contributed by atoms with van der Waals surface area (Å²) < 4.78 is 0. The number of primary amides is 1. The van der Waals surface area contributed by atoms with E-state index in [0.29, 0.717) is 12.1 Å². The molecule has 1 amide bonds. The molecule has 0 bridgehead atoms. The van der Waals surface area contributed by atoms with Crippen LogP contribution in [0.4, 0.5) is 0 Å². The van der Waals surface area contributed by atoms with E-state index in [1.165, 1.54) is 45.1 Å². The predicted molar refractivity (Wildman–Crippen MR) is 80.4 cm³/mol. The number of nitrogens with zero attached hydrogens (tertiary/aromatic N) is 1. The maximum Gasteiger partial charge on any atom is 0.237 e. The molecule has 0 aromatic carbocycles. The van der Waals surface area contributed by atoms with Gasteiger partial charge in [-0.3, -0.25) is 9.69 Å². The maximum atomic E-state index is 12.1. The summed E-state index contributed by atoms with van der Waals surface area (Å²) in [6, 6.07) is 1.88. The van der Waals surface area contributed by atoms with E-state index < -0.39 is 5.54 Å². The highest BCUT2D eigenvalue weighted by atomic mass is 16.1. The molecule has 3 fully saturated rings. The van der Waals surface area contributed by atoms with Gasteiger partial charge in [0.2, 0.25) is 5.91 Å². The third kappa shape index (κ3) is 3.01. The van der Waals surface area contributed by atoms with Crippen LogP contribution in [0, 0.1) is 0 Å². The first-order valence-electron chi connectivity index (χ1n) is 8.48. The molecule has 3 N–H and O–H groups in total. The SMILES string of the molecule is CCCN(C1CC1)C1CCCC(NC2CC2)(C(N)=O)C1. The zero-order valence-electron chi connectivity index (χ0n) is 12.7. The van der Waals surface area contributed by atoms with E-state index in [-0.39, 0.29) is 5.91 Å². The lowest BCUT2D eigenvalue weighted by Gasteiger charge is -2.44. The molecule has 0 spiro atoms. The number of amides is 1. The standard InChI is InChI=1S/C16H29N3O/c1-2-10-19(13-7-8-13)14-4-3-9-16(11-14,15(17)20)18-12-5-6-12/h12-14,18H,2-11H2,1H3,(H2,17,20). The Morgan fingerprint density at radius 1 is 1.25 bits per heavy atom. The molecule has 4 nitrogen and oxygen atoms in total. The maximum absolute atomic E-state index is 12.1. The van der Waals surface area contributed by atoms with Crippen molar-refractivity contribution in [3.8, 4) is 0 Å². The van der Waals surface area contributed by atoms with Crippen molar-refractivity contribution in [2.75, 3.05) is 6.54 Å². The normalized spacial score (nSPS) is 34.4. The van der Waals surface area contributed by atoms with Gasteiger partial charge in [0.15, 0.2) is 0 Å². The largest absolute Gasteiger partial charge is 0.368 e. The van der Waals surface area contributed by atoms with Gasteiger partial charge in [-0.15, -0.1) is 0 Å². The molecule has 3 rings (SSSR count). The summed E-state index contributed by atoms with van der Waals surface area (Å²) in [4.78, 5) is 14.8. The fourth-order valence-electron chi connectivity index (χ4n) is 3.90. The third-order valence-corrected chi connectivity index (χ3v) is 5.22. The van der Waals surface area contributed by atoms with Crippen molar-refractivity contribution in [1.29, 1.82) is 0 Å². The summed E-state index contributed by atoms with van der Waals surface area (Å²) in [5, 5.41) is 3.59. The lowest BCUT2D eigenvalue weighted by atomic mass is 9.77. The van der Waals surface area contributed by atoms with Crippen LogP contribution >= 0.6 is 0 Å². The van der Waals surface area contributed by atoms with E-state index in [4.69, 9.17) is 5.73 Å². The van der Waals surface area contributed by atoms with Gasteiger partial charge in [0, 0.05) is 18.1 Å². The molecule has 3 saturated carbocycles. The highest BCUT2D eigenvalue weighted by molar-refractivity contribution is 5.85. The van der Waals surface area contributed by atoms with Crippen LogP contribution in [0.25, 0.3) is 0 Å². The average Bonchev–Trinajstić information content (AvgIpc) is 3.29. The molecule has 3 aliphatic rings. The van der Waals surface area contributed by atoms with Crippen LogP contribution in [0.2, 0.25) is 0 Å². The first-order chi connectivity index (χ1) is 9.64. The zero-order valence-corrected chi connectivity index (χ0v) is 12.7. The van der Waals surface area contributed by atoms with E-state index in [9.17, 15) is 4.79 Å². The van der Waals surface area contributed by atoms with Gasteiger partial charge in [0.1, 0.15) is 0 Å². The summed E-state index contributed by atoms with van der Waals surface area (Å²) >= 11 is 0. The van der Waals surface area contributed by atoms with Gasteiger partial charge in [0.25, 0.3) is 0 Å². The third-order valence-electron chi connectivity index (χ3n) is 5.22. The number of carbonyl (C=O) groups excluding carboxylic acids is 1. The van der Waals surface area contributed by atoms with E-state index in [1.807, 2.05) is 0 Å². The summed E-state index contributed by atoms with van der Waals surface area (Å²) in [6.07, 6.45) is 10.5. The van der Waals surface area contributed by atoms with Gasteiger partial charge in [-0.2, -0.15) is 0 Å². The fourth-order valence-corrected chi connectivity index (χ4v) is 3.90. The lowest BCUT2D eigenvalue weighted by molar-refractivity contribution is -0.127. The van der Waals surface area contributed by atoms with Crippen molar-refractivity contribution >= 4 is 5.91 Å². The summed E-state index contributed by atoms with van der Waals surface area (Å²) in [5.41, 5.74) is 5.36. The number of hydrogen-bond acceptors (Lipinski definition) is 3. The van der Waals surface area contributed by atoms with Gasteiger partial charge in [0.05, 0.1) is 5.54 Å².